The molecule has 0 unspecified atom stereocenters. The summed E-state index contributed by atoms with van der Waals surface area (Å²) in [6.07, 6.45) is 10.6. The lowest BCUT2D eigenvalue weighted by atomic mass is 10.2. The highest BCUT2D eigenvalue weighted by Crippen LogP contribution is 2.19. The second-order valence-corrected chi connectivity index (χ2v) is 6.68. The number of unbranched alkanes of at least 4 members (excludes halogenated alkanes) is 2. The highest BCUT2D eigenvalue weighted by atomic mass is 32.2. The van der Waals surface area contributed by atoms with Crippen LogP contribution >= 0.6 is 0 Å². The van der Waals surface area contributed by atoms with Gasteiger partial charge in [-0.1, -0.05) is 26.7 Å². The maximum absolute atomic E-state index is 9.08. The average molecular weight is 292 g/mol. The molecule has 0 radical (unpaired) electrons. The van der Waals surface area contributed by atoms with E-state index >= 15 is 0 Å². The summed E-state index contributed by atoms with van der Waals surface area (Å²) in [4.78, 5) is 2.31. The van der Waals surface area contributed by atoms with Crippen LogP contribution in [-0.2, 0) is 10.1 Å². The van der Waals surface area contributed by atoms with Gasteiger partial charge in [0.15, 0.2) is 6.67 Å². The van der Waals surface area contributed by atoms with Crippen LogP contribution in [-0.4, -0.2) is 55.4 Å². The van der Waals surface area contributed by atoms with Gasteiger partial charge < -0.3 is 9.45 Å². The fraction of sp³-hybridized carbons (Fsp3) is 0.846. The third kappa shape index (κ3) is 9.92. The molecule has 0 N–H and O–H groups in total. The van der Waals surface area contributed by atoms with Gasteiger partial charge in [-0.2, -0.15) is 0 Å². The Morgan fingerprint density at radius 3 is 1.89 bits per heavy atom. The third-order valence-corrected chi connectivity index (χ3v) is 3.06. The molecule has 0 fully saturated rings. The fourth-order valence-electron chi connectivity index (χ4n) is 2.14. The molecule has 0 aromatic heterocycles. The van der Waals surface area contributed by atoms with E-state index in [0.29, 0.717) is 6.26 Å². The second kappa shape index (κ2) is 8.55. The van der Waals surface area contributed by atoms with E-state index < -0.39 is 10.1 Å². The molecule has 0 saturated carbocycles. The minimum Gasteiger partial charge on any atom is -0.748 e. The number of hydrogen-bond donors (Lipinski definition) is 0. The standard InChI is InChI=1S/C12H25N2.CH4O3S/c1-4-6-9-14(10-7-5-2)11-8-13(3)12-14;1-5(2,3)4/h8,11H,4-7,9-10,12H2,1-3H3;1H3,(H,2,3,4)/q+1;/p-1. The van der Waals surface area contributed by atoms with Gasteiger partial charge in [0, 0.05) is 13.3 Å². The molecule has 0 aromatic rings. The molecule has 0 bridgehead atoms. The molecule has 6 heteroatoms. The lowest BCUT2D eigenvalue weighted by Crippen LogP contribution is -2.45. The van der Waals surface area contributed by atoms with E-state index in [4.69, 9.17) is 13.0 Å². The Hall–Kier alpha value is -0.590. The average Bonchev–Trinajstić information content (AvgIpc) is 2.64. The predicted molar refractivity (Wildman–Crippen MR) is 77.2 cm³/mol. The van der Waals surface area contributed by atoms with Gasteiger partial charge in [-0.15, -0.1) is 0 Å². The topological polar surface area (TPSA) is 60.4 Å². The predicted octanol–water partition coefficient (Wildman–Crippen LogP) is 1.94. The first-order valence-electron chi connectivity index (χ1n) is 6.88. The highest BCUT2D eigenvalue weighted by Gasteiger charge is 2.29. The number of hydrogen-bond acceptors (Lipinski definition) is 4. The normalized spacial score (nSPS) is 17.2. The van der Waals surface area contributed by atoms with E-state index in [1.807, 2.05) is 0 Å². The van der Waals surface area contributed by atoms with Crippen LogP contribution in [0.15, 0.2) is 12.4 Å². The number of quaternary nitrogens is 1. The van der Waals surface area contributed by atoms with Gasteiger partial charge in [0.2, 0.25) is 0 Å². The van der Waals surface area contributed by atoms with Gasteiger partial charge in [0.25, 0.3) is 0 Å². The van der Waals surface area contributed by atoms with Crippen LogP contribution in [0.3, 0.4) is 0 Å². The van der Waals surface area contributed by atoms with E-state index in [-0.39, 0.29) is 0 Å². The minimum absolute atomic E-state index is 0.604. The molecule has 1 rings (SSSR count). The Kier molecular flexibility index (Phi) is 8.29. The first kappa shape index (κ1) is 18.4. The Labute approximate surface area is 118 Å². The molecule has 0 spiro atoms. The first-order valence-corrected chi connectivity index (χ1v) is 8.70. The summed E-state index contributed by atoms with van der Waals surface area (Å²) in [5.74, 6) is 0. The molecule has 5 nitrogen and oxygen atoms in total. The van der Waals surface area contributed by atoms with Crippen LogP contribution in [0.2, 0.25) is 0 Å². The number of rotatable bonds is 6. The van der Waals surface area contributed by atoms with Crippen LogP contribution in [0.5, 0.6) is 0 Å². The largest absolute Gasteiger partial charge is 0.748 e. The zero-order chi connectivity index (χ0) is 14.9. The van der Waals surface area contributed by atoms with Gasteiger partial charge >= 0.3 is 0 Å². The molecule has 0 amide bonds. The van der Waals surface area contributed by atoms with Crippen molar-refractivity contribution in [2.24, 2.45) is 0 Å². The first-order chi connectivity index (χ1) is 8.72. The number of nitrogens with zero attached hydrogens (tertiary/aromatic N) is 2. The smallest absolute Gasteiger partial charge is 0.158 e. The van der Waals surface area contributed by atoms with E-state index in [2.05, 4.69) is 38.2 Å². The van der Waals surface area contributed by atoms with Crippen LogP contribution < -0.4 is 0 Å². The third-order valence-electron chi connectivity index (χ3n) is 3.06. The zero-order valence-corrected chi connectivity index (χ0v) is 13.4. The van der Waals surface area contributed by atoms with Crippen molar-refractivity contribution in [3.63, 3.8) is 0 Å². The van der Waals surface area contributed by atoms with Crippen LogP contribution in [0.25, 0.3) is 0 Å². The van der Waals surface area contributed by atoms with Gasteiger partial charge in [-0.25, -0.2) is 8.42 Å². The highest BCUT2D eigenvalue weighted by molar-refractivity contribution is 7.84. The maximum atomic E-state index is 9.08. The van der Waals surface area contributed by atoms with E-state index in [0.717, 1.165) is 0 Å². The zero-order valence-electron chi connectivity index (χ0n) is 12.6. The maximum Gasteiger partial charge on any atom is 0.158 e. The van der Waals surface area contributed by atoms with Crippen molar-refractivity contribution in [2.45, 2.75) is 39.5 Å². The van der Waals surface area contributed by atoms with Crippen molar-refractivity contribution in [1.29, 1.82) is 0 Å². The van der Waals surface area contributed by atoms with E-state index in [1.165, 1.54) is 49.9 Å². The Bertz CT molecular complexity index is 350. The minimum atomic E-state index is -3.92. The summed E-state index contributed by atoms with van der Waals surface area (Å²) in [6, 6.07) is 0. The molecule has 1 aliphatic rings. The van der Waals surface area contributed by atoms with Crippen molar-refractivity contribution in [3.8, 4) is 0 Å². The fourth-order valence-corrected chi connectivity index (χ4v) is 2.14. The van der Waals surface area contributed by atoms with E-state index in [9.17, 15) is 0 Å². The second-order valence-electron chi connectivity index (χ2n) is 5.27. The summed E-state index contributed by atoms with van der Waals surface area (Å²) in [7, 11) is -1.74. The molecule has 0 saturated heterocycles. The van der Waals surface area contributed by atoms with Crippen molar-refractivity contribution in [3.05, 3.63) is 12.4 Å². The van der Waals surface area contributed by atoms with Crippen molar-refractivity contribution < 1.29 is 17.5 Å². The van der Waals surface area contributed by atoms with Crippen molar-refractivity contribution in [2.75, 3.05) is 33.1 Å². The monoisotopic (exact) mass is 292 g/mol. The molecule has 0 aliphatic carbocycles. The SMILES string of the molecule is CCCC[N+]1(CCCC)C=CN(C)C1.CS(=O)(=O)[O-]. The van der Waals surface area contributed by atoms with E-state index in [1.54, 1.807) is 0 Å². The molecule has 114 valence electrons. The van der Waals surface area contributed by atoms with Crippen molar-refractivity contribution >= 4 is 10.1 Å². The molecular formula is C13H28N2O3S. The Morgan fingerprint density at radius 1 is 1.21 bits per heavy atom. The van der Waals surface area contributed by atoms with Crippen molar-refractivity contribution in [1.82, 2.24) is 4.90 Å². The van der Waals surface area contributed by atoms with Gasteiger partial charge in [0.05, 0.1) is 29.4 Å². The summed E-state index contributed by atoms with van der Waals surface area (Å²) in [5, 5.41) is 0. The van der Waals surface area contributed by atoms with Crippen LogP contribution in [0.4, 0.5) is 0 Å². The molecule has 1 heterocycles. The Morgan fingerprint density at radius 2 is 1.63 bits per heavy atom. The van der Waals surface area contributed by atoms with Gasteiger partial charge in [-0.3, -0.25) is 4.48 Å². The molecule has 1 aliphatic heterocycles. The van der Waals surface area contributed by atoms with Crippen LogP contribution in [0.1, 0.15) is 39.5 Å². The summed E-state index contributed by atoms with van der Waals surface area (Å²) in [6.45, 7) is 8.37. The molecule has 0 aromatic carbocycles. The quantitative estimate of drug-likeness (QED) is 0.554. The summed E-state index contributed by atoms with van der Waals surface area (Å²) >= 11 is 0. The molecule has 0 atom stereocenters. The Balaban J connectivity index is 0.000000555. The molecular weight excluding hydrogens is 264 g/mol. The molecule has 19 heavy (non-hydrogen) atoms. The summed E-state index contributed by atoms with van der Waals surface area (Å²) < 4.78 is 28.4. The van der Waals surface area contributed by atoms with Crippen LogP contribution in [0, 0.1) is 0 Å². The lowest BCUT2D eigenvalue weighted by molar-refractivity contribution is -0.881. The van der Waals surface area contributed by atoms with Gasteiger partial charge in [-0.05, 0) is 12.8 Å². The lowest BCUT2D eigenvalue weighted by Gasteiger charge is -2.32. The summed E-state index contributed by atoms with van der Waals surface area (Å²) in [5.41, 5.74) is 0. The van der Waals surface area contributed by atoms with Gasteiger partial charge in [0.1, 0.15) is 6.20 Å².